The lowest BCUT2D eigenvalue weighted by Gasteiger charge is -2.29. The number of hydrogen-bond acceptors (Lipinski definition) is 2. The van der Waals surface area contributed by atoms with E-state index in [1.165, 1.54) is 63.0 Å². The van der Waals surface area contributed by atoms with Crippen LogP contribution in [0.1, 0.15) is 76.7 Å². The van der Waals surface area contributed by atoms with Crippen LogP contribution in [0.4, 0.5) is 0 Å². The molecule has 0 saturated heterocycles. The largest absolute Gasteiger partial charge is 0.423 e. The summed E-state index contributed by atoms with van der Waals surface area (Å²) in [6.45, 7) is 4.18. The molecule has 0 atom stereocenters. The molecular weight excluding hydrogens is 308 g/mol. The van der Waals surface area contributed by atoms with Gasteiger partial charge in [0.2, 0.25) is 0 Å². The van der Waals surface area contributed by atoms with Crippen LogP contribution in [0.5, 0.6) is 5.75 Å². The van der Waals surface area contributed by atoms with E-state index in [-0.39, 0.29) is 5.97 Å². The highest BCUT2D eigenvalue weighted by atomic mass is 16.5. The molecule has 0 bridgehead atoms. The van der Waals surface area contributed by atoms with Gasteiger partial charge in [-0.3, -0.25) is 0 Å². The summed E-state index contributed by atoms with van der Waals surface area (Å²) in [5, 5.41) is 0. The number of unbranched alkanes of at least 4 members (excludes halogenated alkanes) is 2. The smallest absolute Gasteiger partial charge is 0.336 e. The quantitative estimate of drug-likeness (QED) is 0.176. The number of rotatable bonds is 8. The van der Waals surface area contributed by atoms with Gasteiger partial charge in [-0.05, 0) is 62.1 Å². The molecule has 0 heterocycles. The molecule has 2 rings (SSSR count). The summed E-state index contributed by atoms with van der Waals surface area (Å²) in [4.78, 5) is 11.7. The van der Waals surface area contributed by atoms with E-state index in [1.54, 1.807) is 6.08 Å². The Hall–Kier alpha value is -1.83. The van der Waals surface area contributed by atoms with E-state index < -0.39 is 0 Å². The number of ether oxygens (including phenoxy) is 1. The highest BCUT2D eigenvalue weighted by molar-refractivity contribution is 5.84. The van der Waals surface area contributed by atoms with Crippen molar-refractivity contribution in [3.63, 3.8) is 0 Å². The van der Waals surface area contributed by atoms with Crippen LogP contribution in [0.3, 0.4) is 0 Å². The third-order valence-corrected chi connectivity index (χ3v) is 5.17. The Morgan fingerprint density at radius 1 is 1.08 bits per heavy atom. The first-order chi connectivity index (χ1) is 12.2. The minimum atomic E-state index is -0.335. The number of esters is 1. The Morgan fingerprint density at radius 2 is 1.80 bits per heavy atom. The number of hydrogen-bond donors (Lipinski definition) is 0. The topological polar surface area (TPSA) is 26.3 Å². The van der Waals surface area contributed by atoms with E-state index in [0.717, 1.165) is 5.92 Å². The molecule has 1 aromatic carbocycles. The Labute approximate surface area is 153 Å². The van der Waals surface area contributed by atoms with Gasteiger partial charge < -0.3 is 4.74 Å². The van der Waals surface area contributed by atoms with Crippen LogP contribution in [-0.4, -0.2) is 5.97 Å². The molecule has 1 aliphatic carbocycles. The van der Waals surface area contributed by atoms with E-state index in [1.807, 2.05) is 31.2 Å². The summed E-state index contributed by atoms with van der Waals surface area (Å²) in [5.41, 5.74) is 1.39. The fourth-order valence-electron chi connectivity index (χ4n) is 3.67. The summed E-state index contributed by atoms with van der Waals surface area (Å²) in [5.74, 6) is 1.89. The summed E-state index contributed by atoms with van der Waals surface area (Å²) in [6.07, 6.45) is 17.6. The summed E-state index contributed by atoms with van der Waals surface area (Å²) >= 11 is 0. The Morgan fingerprint density at radius 3 is 2.44 bits per heavy atom. The zero-order valence-electron chi connectivity index (χ0n) is 15.7. The Bertz CT molecular complexity index is 560. The molecule has 1 aromatic rings. The van der Waals surface area contributed by atoms with Crippen molar-refractivity contribution in [2.45, 2.75) is 71.1 Å². The number of allylic oxidation sites excluding steroid dienone is 3. The average molecular weight is 341 g/mol. The molecule has 1 saturated carbocycles. The second-order valence-corrected chi connectivity index (χ2v) is 7.09. The molecule has 2 heteroatoms. The maximum atomic E-state index is 11.7. The van der Waals surface area contributed by atoms with Gasteiger partial charge in [0.05, 0.1) is 0 Å². The van der Waals surface area contributed by atoms with Crippen molar-refractivity contribution in [3.05, 3.63) is 54.1 Å². The highest BCUT2D eigenvalue weighted by Gasteiger charge is 2.22. The Balaban J connectivity index is 1.79. The lowest BCUT2D eigenvalue weighted by atomic mass is 9.77. The van der Waals surface area contributed by atoms with Crippen molar-refractivity contribution < 1.29 is 9.53 Å². The van der Waals surface area contributed by atoms with Gasteiger partial charge in [0.25, 0.3) is 0 Å². The molecule has 1 fully saturated rings. The van der Waals surface area contributed by atoms with Gasteiger partial charge in [-0.1, -0.05) is 63.0 Å². The van der Waals surface area contributed by atoms with Gasteiger partial charge in [0, 0.05) is 6.08 Å². The standard InChI is InChI=1S/C23H32O2/c1-3-5-7-9-19-11-13-20(14-12-19)21-15-17-22(18-16-21)25-23(24)10-8-6-4-2/h4,6,8,10,15-20H,3,5,7,9,11-14H2,1-2H3/b6-4+,10-8+. The molecule has 136 valence electrons. The first-order valence-corrected chi connectivity index (χ1v) is 9.84. The van der Waals surface area contributed by atoms with Gasteiger partial charge in [0.15, 0.2) is 0 Å². The maximum Gasteiger partial charge on any atom is 0.336 e. The van der Waals surface area contributed by atoms with Crippen molar-refractivity contribution in [1.29, 1.82) is 0 Å². The summed E-state index contributed by atoms with van der Waals surface area (Å²) < 4.78 is 5.32. The van der Waals surface area contributed by atoms with Crippen LogP contribution in [0.15, 0.2) is 48.6 Å². The zero-order valence-corrected chi connectivity index (χ0v) is 15.7. The van der Waals surface area contributed by atoms with E-state index in [0.29, 0.717) is 11.7 Å². The second kappa shape index (κ2) is 10.9. The lowest BCUT2D eigenvalue weighted by Crippen LogP contribution is -2.13. The monoisotopic (exact) mass is 340 g/mol. The van der Waals surface area contributed by atoms with E-state index >= 15 is 0 Å². The molecule has 0 N–H and O–H groups in total. The molecule has 0 aliphatic heterocycles. The first kappa shape index (κ1) is 19.5. The molecule has 0 amide bonds. The molecule has 25 heavy (non-hydrogen) atoms. The van der Waals surface area contributed by atoms with Crippen LogP contribution in [0.2, 0.25) is 0 Å². The molecule has 0 spiro atoms. The molecule has 1 aliphatic rings. The van der Waals surface area contributed by atoms with Crippen LogP contribution in [0.25, 0.3) is 0 Å². The van der Waals surface area contributed by atoms with Crippen molar-refractivity contribution >= 4 is 5.97 Å². The van der Waals surface area contributed by atoms with Gasteiger partial charge >= 0.3 is 5.97 Å². The van der Waals surface area contributed by atoms with Crippen molar-refractivity contribution in [1.82, 2.24) is 0 Å². The summed E-state index contributed by atoms with van der Waals surface area (Å²) in [7, 11) is 0. The predicted octanol–water partition coefficient (Wildman–Crippen LogP) is 6.58. The van der Waals surface area contributed by atoms with E-state index in [2.05, 4.69) is 19.1 Å². The van der Waals surface area contributed by atoms with Gasteiger partial charge in [-0.2, -0.15) is 0 Å². The average Bonchev–Trinajstić information content (AvgIpc) is 2.63. The number of carbonyl (C=O) groups excluding carboxylic acids is 1. The third-order valence-electron chi connectivity index (χ3n) is 5.17. The van der Waals surface area contributed by atoms with Crippen LogP contribution < -0.4 is 4.74 Å². The summed E-state index contributed by atoms with van der Waals surface area (Å²) in [6, 6.07) is 8.09. The Kier molecular flexibility index (Phi) is 8.51. The minimum absolute atomic E-state index is 0.335. The van der Waals surface area contributed by atoms with Gasteiger partial charge in [-0.15, -0.1) is 0 Å². The molecular formula is C23H32O2. The van der Waals surface area contributed by atoms with Gasteiger partial charge in [0.1, 0.15) is 5.75 Å². The van der Waals surface area contributed by atoms with Gasteiger partial charge in [-0.25, -0.2) is 4.79 Å². The fourth-order valence-corrected chi connectivity index (χ4v) is 3.67. The van der Waals surface area contributed by atoms with Crippen LogP contribution >= 0.6 is 0 Å². The molecule has 2 nitrogen and oxygen atoms in total. The molecule has 0 radical (unpaired) electrons. The fraction of sp³-hybridized carbons (Fsp3) is 0.522. The first-order valence-electron chi connectivity index (χ1n) is 9.84. The third kappa shape index (κ3) is 6.89. The lowest BCUT2D eigenvalue weighted by molar-refractivity contribution is -0.128. The minimum Gasteiger partial charge on any atom is -0.423 e. The second-order valence-electron chi connectivity index (χ2n) is 7.09. The van der Waals surface area contributed by atoms with Crippen molar-refractivity contribution in [3.8, 4) is 5.75 Å². The van der Waals surface area contributed by atoms with Crippen molar-refractivity contribution in [2.75, 3.05) is 0 Å². The van der Waals surface area contributed by atoms with E-state index in [9.17, 15) is 4.79 Å². The van der Waals surface area contributed by atoms with E-state index in [4.69, 9.17) is 4.74 Å². The number of carbonyl (C=O) groups is 1. The SMILES string of the molecule is C/C=C/C=C/C(=O)Oc1ccc(C2CCC(CCCCC)CC2)cc1. The molecule has 0 aromatic heterocycles. The van der Waals surface area contributed by atoms with Crippen molar-refractivity contribution in [2.24, 2.45) is 5.92 Å². The molecule has 0 unspecified atom stereocenters. The predicted molar refractivity (Wildman–Crippen MR) is 105 cm³/mol. The maximum absolute atomic E-state index is 11.7. The normalized spacial score (nSPS) is 21.0. The zero-order chi connectivity index (χ0) is 17.9. The van der Waals surface area contributed by atoms with Crippen LogP contribution in [-0.2, 0) is 4.79 Å². The van der Waals surface area contributed by atoms with Crippen LogP contribution in [0, 0.1) is 5.92 Å². The number of benzene rings is 1. The highest BCUT2D eigenvalue weighted by Crippen LogP contribution is 2.38.